The summed E-state index contributed by atoms with van der Waals surface area (Å²) < 4.78 is 5.71. The number of ether oxygens (including phenoxy) is 1. The highest BCUT2D eigenvalue weighted by Gasteiger charge is 2.01. The fourth-order valence-electron chi connectivity index (χ4n) is 1.71. The Hall–Kier alpha value is -1.87. The largest absolute Gasteiger partial charge is 0.493 e. The van der Waals surface area contributed by atoms with Crippen molar-refractivity contribution in [2.24, 2.45) is 5.73 Å². The average molecular weight is 242 g/mol. The van der Waals surface area contributed by atoms with Gasteiger partial charge < -0.3 is 10.5 Å². The third kappa shape index (κ3) is 3.57. The second kappa shape index (κ2) is 6.17. The highest BCUT2D eigenvalue weighted by molar-refractivity contribution is 5.30. The zero-order valence-corrected chi connectivity index (χ0v) is 10.5. The van der Waals surface area contributed by atoms with Crippen LogP contribution in [0.5, 0.6) is 5.75 Å². The Bertz CT molecular complexity index is 483. The van der Waals surface area contributed by atoms with Crippen LogP contribution in [0.1, 0.15) is 24.2 Å². The number of rotatable bonds is 5. The molecule has 0 spiro atoms. The lowest BCUT2D eigenvalue weighted by Crippen LogP contribution is -2.06. The van der Waals surface area contributed by atoms with Gasteiger partial charge in [-0.25, -0.2) is 0 Å². The molecule has 0 aliphatic rings. The zero-order chi connectivity index (χ0) is 12.8. The van der Waals surface area contributed by atoms with Crippen molar-refractivity contribution >= 4 is 0 Å². The minimum atomic E-state index is 0.0318. The summed E-state index contributed by atoms with van der Waals surface area (Å²) in [4.78, 5) is 4.26. The van der Waals surface area contributed by atoms with Crippen LogP contribution in [0.4, 0.5) is 0 Å². The first-order valence-corrected chi connectivity index (χ1v) is 6.14. The molecule has 1 aromatic heterocycles. The molecule has 0 saturated carbocycles. The summed E-state index contributed by atoms with van der Waals surface area (Å²) in [5, 5.41) is 0. The molecule has 0 aliphatic carbocycles. The van der Waals surface area contributed by atoms with Crippen molar-refractivity contribution in [1.82, 2.24) is 4.98 Å². The summed E-state index contributed by atoms with van der Waals surface area (Å²) in [5.74, 6) is 0.862. The van der Waals surface area contributed by atoms with E-state index < -0.39 is 0 Å². The van der Waals surface area contributed by atoms with Gasteiger partial charge in [0.1, 0.15) is 5.75 Å². The van der Waals surface area contributed by atoms with Gasteiger partial charge in [0.15, 0.2) is 0 Å². The Labute approximate surface area is 108 Å². The number of pyridine rings is 1. The number of nitrogens with two attached hydrogens (primary N) is 1. The molecule has 0 radical (unpaired) electrons. The zero-order valence-electron chi connectivity index (χ0n) is 10.5. The lowest BCUT2D eigenvalue weighted by Gasteiger charge is -2.09. The van der Waals surface area contributed by atoms with Crippen LogP contribution in [0.2, 0.25) is 0 Å². The number of benzene rings is 1. The van der Waals surface area contributed by atoms with Crippen molar-refractivity contribution in [1.29, 1.82) is 0 Å². The number of hydrogen-bond acceptors (Lipinski definition) is 3. The summed E-state index contributed by atoms with van der Waals surface area (Å²) in [6.07, 6.45) is 2.61. The van der Waals surface area contributed by atoms with Crippen LogP contribution in [0, 0.1) is 0 Å². The van der Waals surface area contributed by atoms with Crippen LogP contribution in [0.15, 0.2) is 48.7 Å². The van der Waals surface area contributed by atoms with Gasteiger partial charge in [-0.05, 0) is 36.8 Å². The maximum atomic E-state index is 5.84. The predicted octanol–water partition coefficient (Wildman–Crippen LogP) is 2.72. The number of aromatic nitrogens is 1. The van der Waals surface area contributed by atoms with Gasteiger partial charge >= 0.3 is 0 Å². The fourth-order valence-corrected chi connectivity index (χ4v) is 1.71. The SMILES string of the molecule is C[C@@H](N)c1cccc(OCCc2ccccn2)c1. The third-order valence-corrected chi connectivity index (χ3v) is 2.74. The van der Waals surface area contributed by atoms with Gasteiger partial charge in [-0.15, -0.1) is 0 Å². The molecule has 3 heteroatoms. The summed E-state index contributed by atoms with van der Waals surface area (Å²) in [6.45, 7) is 2.59. The maximum Gasteiger partial charge on any atom is 0.119 e. The topological polar surface area (TPSA) is 48.1 Å². The first-order chi connectivity index (χ1) is 8.75. The molecule has 0 amide bonds. The molecule has 0 saturated heterocycles. The van der Waals surface area contributed by atoms with Crippen molar-refractivity contribution in [2.45, 2.75) is 19.4 Å². The molecular weight excluding hydrogens is 224 g/mol. The standard InChI is InChI=1S/C15H18N2O/c1-12(16)13-5-4-7-15(11-13)18-10-8-14-6-2-3-9-17-14/h2-7,9,11-12H,8,10,16H2,1H3/t12-/m1/s1. The first kappa shape index (κ1) is 12.6. The normalized spacial score (nSPS) is 12.1. The third-order valence-electron chi connectivity index (χ3n) is 2.74. The smallest absolute Gasteiger partial charge is 0.119 e. The minimum Gasteiger partial charge on any atom is -0.493 e. The van der Waals surface area contributed by atoms with E-state index in [-0.39, 0.29) is 6.04 Å². The van der Waals surface area contributed by atoms with E-state index in [9.17, 15) is 0 Å². The van der Waals surface area contributed by atoms with Crippen molar-refractivity contribution in [3.05, 3.63) is 59.9 Å². The molecule has 1 aromatic carbocycles. The van der Waals surface area contributed by atoms with Gasteiger partial charge in [0, 0.05) is 24.4 Å². The molecule has 1 atom stereocenters. The van der Waals surface area contributed by atoms with E-state index >= 15 is 0 Å². The lowest BCUT2D eigenvalue weighted by atomic mass is 10.1. The second-order valence-electron chi connectivity index (χ2n) is 4.28. The van der Waals surface area contributed by atoms with Crippen molar-refractivity contribution in [3.8, 4) is 5.75 Å². The van der Waals surface area contributed by atoms with Crippen molar-refractivity contribution < 1.29 is 4.74 Å². The van der Waals surface area contributed by atoms with Gasteiger partial charge in [-0.3, -0.25) is 4.98 Å². The van der Waals surface area contributed by atoms with Gasteiger partial charge in [0.25, 0.3) is 0 Å². The minimum absolute atomic E-state index is 0.0318. The Morgan fingerprint density at radius 1 is 1.22 bits per heavy atom. The predicted molar refractivity (Wildman–Crippen MR) is 72.5 cm³/mol. The molecule has 94 valence electrons. The Balaban J connectivity index is 1.89. The van der Waals surface area contributed by atoms with Crippen LogP contribution in [-0.4, -0.2) is 11.6 Å². The van der Waals surface area contributed by atoms with E-state index in [2.05, 4.69) is 4.98 Å². The fraction of sp³-hybridized carbons (Fsp3) is 0.267. The van der Waals surface area contributed by atoms with Gasteiger partial charge in [0.05, 0.1) is 6.61 Å². The van der Waals surface area contributed by atoms with E-state index in [1.165, 1.54) is 0 Å². The second-order valence-corrected chi connectivity index (χ2v) is 4.28. The molecule has 0 fully saturated rings. The molecule has 2 rings (SSSR count). The molecule has 2 aromatic rings. The van der Waals surface area contributed by atoms with Crippen molar-refractivity contribution in [2.75, 3.05) is 6.61 Å². The molecule has 0 aliphatic heterocycles. The van der Waals surface area contributed by atoms with E-state index in [1.807, 2.05) is 49.4 Å². The van der Waals surface area contributed by atoms with Crippen LogP contribution in [0.25, 0.3) is 0 Å². The quantitative estimate of drug-likeness (QED) is 0.877. The monoisotopic (exact) mass is 242 g/mol. The van der Waals surface area contributed by atoms with E-state index in [0.717, 1.165) is 23.4 Å². The molecular formula is C15H18N2O. The van der Waals surface area contributed by atoms with Crippen LogP contribution < -0.4 is 10.5 Å². The van der Waals surface area contributed by atoms with Crippen LogP contribution >= 0.6 is 0 Å². The molecule has 0 bridgehead atoms. The summed E-state index contributed by atoms with van der Waals surface area (Å²) in [6, 6.07) is 13.8. The van der Waals surface area contributed by atoms with E-state index in [1.54, 1.807) is 6.20 Å². The average Bonchev–Trinajstić information content (AvgIpc) is 2.40. The Morgan fingerprint density at radius 2 is 2.11 bits per heavy atom. The van der Waals surface area contributed by atoms with Crippen LogP contribution in [0.3, 0.4) is 0 Å². The molecule has 3 nitrogen and oxygen atoms in total. The number of hydrogen-bond donors (Lipinski definition) is 1. The Morgan fingerprint density at radius 3 is 2.83 bits per heavy atom. The summed E-state index contributed by atoms with van der Waals surface area (Å²) in [7, 11) is 0. The van der Waals surface area contributed by atoms with Crippen molar-refractivity contribution in [3.63, 3.8) is 0 Å². The van der Waals surface area contributed by atoms with E-state index in [0.29, 0.717) is 6.61 Å². The molecule has 0 unspecified atom stereocenters. The highest BCUT2D eigenvalue weighted by Crippen LogP contribution is 2.17. The van der Waals surface area contributed by atoms with Gasteiger partial charge in [0.2, 0.25) is 0 Å². The van der Waals surface area contributed by atoms with Gasteiger partial charge in [-0.2, -0.15) is 0 Å². The molecule has 1 heterocycles. The summed E-state index contributed by atoms with van der Waals surface area (Å²) >= 11 is 0. The van der Waals surface area contributed by atoms with Crippen LogP contribution in [-0.2, 0) is 6.42 Å². The maximum absolute atomic E-state index is 5.84. The summed E-state index contributed by atoms with van der Waals surface area (Å²) in [5.41, 5.74) is 7.97. The highest BCUT2D eigenvalue weighted by atomic mass is 16.5. The number of nitrogens with zero attached hydrogens (tertiary/aromatic N) is 1. The molecule has 2 N–H and O–H groups in total. The molecule has 18 heavy (non-hydrogen) atoms. The van der Waals surface area contributed by atoms with Gasteiger partial charge in [-0.1, -0.05) is 18.2 Å². The Kier molecular flexibility index (Phi) is 4.31. The lowest BCUT2D eigenvalue weighted by molar-refractivity contribution is 0.320. The van der Waals surface area contributed by atoms with E-state index in [4.69, 9.17) is 10.5 Å². The first-order valence-electron chi connectivity index (χ1n) is 6.14.